The zero-order chi connectivity index (χ0) is 24.9. The molecule has 2 heterocycles. The van der Waals surface area contributed by atoms with Crippen molar-refractivity contribution in [3.63, 3.8) is 0 Å². The standard InChI is InChI=1S/C27H29FN4O3/c1-19-10-12-20(13-11-19)25-17-23(24-9-6-14-30(24)2)29-32(25)26(33)18-31(15-16-35-3)27(34)21-7-4-5-8-22(21)28/h4-14,25H,15-18H2,1-3H3. The van der Waals surface area contributed by atoms with Gasteiger partial charge in [-0.25, -0.2) is 9.40 Å². The van der Waals surface area contributed by atoms with Crippen LogP contribution in [0.5, 0.6) is 0 Å². The topological polar surface area (TPSA) is 67.1 Å². The molecule has 0 radical (unpaired) electrons. The molecule has 1 aliphatic heterocycles. The molecule has 2 amide bonds. The van der Waals surface area contributed by atoms with Gasteiger partial charge in [0.15, 0.2) is 0 Å². The van der Waals surface area contributed by atoms with Crippen molar-refractivity contribution in [1.82, 2.24) is 14.5 Å². The van der Waals surface area contributed by atoms with Crippen molar-refractivity contribution in [2.24, 2.45) is 12.1 Å². The highest BCUT2D eigenvalue weighted by Crippen LogP contribution is 2.33. The first kappa shape index (κ1) is 24.3. The predicted molar refractivity (Wildman–Crippen MR) is 132 cm³/mol. The van der Waals surface area contributed by atoms with E-state index in [2.05, 4.69) is 0 Å². The highest BCUT2D eigenvalue weighted by atomic mass is 19.1. The summed E-state index contributed by atoms with van der Waals surface area (Å²) in [6.07, 6.45) is 2.48. The molecule has 0 N–H and O–H groups in total. The van der Waals surface area contributed by atoms with Gasteiger partial charge in [-0.2, -0.15) is 5.10 Å². The van der Waals surface area contributed by atoms with Crippen LogP contribution in [0.15, 0.2) is 72.0 Å². The minimum atomic E-state index is -0.630. The minimum absolute atomic E-state index is 0.0825. The third kappa shape index (κ3) is 5.33. The molecular formula is C27H29FN4O3. The van der Waals surface area contributed by atoms with Crippen molar-refractivity contribution in [2.75, 3.05) is 26.8 Å². The number of rotatable bonds is 8. The fraction of sp³-hybridized carbons (Fsp3) is 0.296. The number of nitrogens with zero attached hydrogens (tertiary/aromatic N) is 4. The molecule has 0 fully saturated rings. The van der Waals surface area contributed by atoms with Crippen LogP contribution in [0.3, 0.4) is 0 Å². The van der Waals surface area contributed by atoms with Gasteiger partial charge >= 0.3 is 0 Å². The number of ether oxygens (including phenoxy) is 1. The monoisotopic (exact) mass is 476 g/mol. The van der Waals surface area contributed by atoms with E-state index in [-0.39, 0.29) is 37.2 Å². The second-order valence-electron chi connectivity index (χ2n) is 8.62. The van der Waals surface area contributed by atoms with E-state index < -0.39 is 11.7 Å². The summed E-state index contributed by atoms with van der Waals surface area (Å²) in [6.45, 7) is 2.12. The molecule has 0 saturated carbocycles. The van der Waals surface area contributed by atoms with Crippen LogP contribution in [0.4, 0.5) is 4.39 Å². The molecule has 0 spiro atoms. The Kier molecular flexibility index (Phi) is 7.41. The Labute approximate surface area is 204 Å². The first-order chi connectivity index (χ1) is 16.9. The second kappa shape index (κ2) is 10.7. The number of methoxy groups -OCH3 is 1. The molecule has 35 heavy (non-hydrogen) atoms. The summed E-state index contributed by atoms with van der Waals surface area (Å²) in [5.41, 5.74) is 3.72. The lowest BCUT2D eigenvalue weighted by Crippen LogP contribution is -2.43. The summed E-state index contributed by atoms with van der Waals surface area (Å²) < 4.78 is 21.4. The molecule has 2 aromatic carbocycles. The number of carbonyl (C=O) groups excluding carboxylic acids is 2. The molecule has 7 nitrogen and oxygen atoms in total. The molecule has 0 aliphatic carbocycles. The van der Waals surface area contributed by atoms with Crippen LogP contribution in [-0.2, 0) is 16.6 Å². The van der Waals surface area contributed by atoms with Gasteiger partial charge in [-0.05, 0) is 36.8 Å². The van der Waals surface area contributed by atoms with Gasteiger partial charge in [-0.3, -0.25) is 9.59 Å². The number of hydrogen-bond acceptors (Lipinski definition) is 4. The van der Waals surface area contributed by atoms with Crippen molar-refractivity contribution in [1.29, 1.82) is 0 Å². The number of hydrazone groups is 1. The lowest BCUT2D eigenvalue weighted by atomic mass is 9.99. The summed E-state index contributed by atoms with van der Waals surface area (Å²) in [4.78, 5) is 28.0. The number of aryl methyl sites for hydroxylation is 2. The largest absolute Gasteiger partial charge is 0.383 e. The van der Waals surface area contributed by atoms with Gasteiger partial charge < -0.3 is 14.2 Å². The lowest BCUT2D eigenvalue weighted by molar-refractivity contribution is -0.133. The van der Waals surface area contributed by atoms with E-state index in [1.165, 1.54) is 35.2 Å². The van der Waals surface area contributed by atoms with Crippen molar-refractivity contribution in [2.45, 2.75) is 19.4 Å². The van der Waals surface area contributed by atoms with Crippen molar-refractivity contribution >= 4 is 17.5 Å². The minimum Gasteiger partial charge on any atom is -0.383 e. The molecule has 1 atom stereocenters. The molecule has 4 rings (SSSR count). The number of amides is 2. The third-order valence-electron chi connectivity index (χ3n) is 6.15. The summed E-state index contributed by atoms with van der Waals surface area (Å²) >= 11 is 0. The fourth-order valence-electron chi connectivity index (χ4n) is 4.20. The van der Waals surface area contributed by atoms with Gasteiger partial charge in [-0.15, -0.1) is 0 Å². The van der Waals surface area contributed by atoms with Gasteiger partial charge in [0.25, 0.3) is 11.8 Å². The van der Waals surface area contributed by atoms with Crippen molar-refractivity contribution in [3.05, 3.63) is 95.1 Å². The number of aromatic nitrogens is 1. The third-order valence-corrected chi connectivity index (χ3v) is 6.15. The Balaban J connectivity index is 1.63. The zero-order valence-electron chi connectivity index (χ0n) is 20.1. The molecule has 0 bridgehead atoms. The Morgan fingerprint density at radius 3 is 2.51 bits per heavy atom. The Morgan fingerprint density at radius 1 is 1.11 bits per heavy atom. The van der Waals surface area contributed by atoms with E-state index in [0.29, 0.717) is 6.42 Å². The maximum Gasteiger partial charge on any atom is 0.262 e. The van der Waals surface area contributed by atoms with E-state index in [1.54, 1.807) is 6.07 Å². The van der Waals surface area contributed by atoms with Crippen LogP contribution in [0.25, 0.3) is 0 Å². The van der Waals surface area contributed by atoms with Crippen molar-refractivity contribution in [3.8, 4) is 0 Å². The van der Waals surface area contributed by atoms with Crippen LogP contribution in [-0.4, -0.2) is 58.8 Å². The molecule has 3 aromatic rings. The summed E-state index contributed by atoms with van der Waals surface area (Å²) in [5.74, 6) is -1.54. The van der Waals surface area contributed by atoms with E-state index in [4.69, 9.17) is 9.84 Å². The Morgan fingerprint density at radius 2 is 1.86 bits per heavy atom. The molecule has 8 heteroatoms. The van der Waals surface area contributed by atoms with Crippen molar-refractivity contribution < 1.29 is 18.7 Å². The number of halogens is 1. The van der Waals surface area contributed by atoms with E-state index >= 15 is 0 Å². The molecule has 1 aromatic heterocycles. The molecule has 182 valence electrons. The van der Waals surface area contributed by atoms with Crippen LogP contribution in [0.1, 0.15) is 39.6 Å². The Bertz CT molecular complexity index is 1240. The smallest absolute Gasteiger partial charge is 0.262 e. The molecule has 1 aliphatic rings. The van der Waals surface area contributed by atoms with Gasteiger partial charge in [0, 0.05) is 33.3 Å². The van der Waals surface area contributed by atoms with Gasteiger partial charge in [0.05, 0.1) is 29.6 Å². The number of hydrogen-bond donors (Lipinski definition) is 0. The first-order valence-corrected chi connectivity index (χ1v) is 11.5. The normalized spacial score (nSPS) is 15.3. The summed E-state index contributed by atoms with van der Waals surface area (Å²) in [7, 11) is 3.45. The quantitative estimate of drug-likeness (QED) is 0.495. The SMILES string of the molecule is COCCN(CC(=O)N1N=C(c2cccn2C)CC1c1ccc(C)cc1)C(=O)c1ccccc1F. The average molecular weight is 477 g/mol. The molecule has 0 saturated heterocycles. The van der Waals surface area contributed by atoms with Crippen LogP contribution in [0.2, 0.25) is 0 Å². The predicted octanol–water partition coefficient (Wildman–Crippen LogP) is 3.94. The van der Waals surface area contributed by atoms with Gasteiger partial charge in [0.1, 0.15) is 12.4 Å². The molecule has 1 unspecified atom stereocenters. The van der Waals surface area contributed by atoms with E-state index in [1.807, 2.05) is 61.1 Å². The number of carbonyl (C=O) groups is 2. The zero-order valence-corrected chi connectivity index (χ0v) is 20.1. The highest BCUT2D eigenvalue weighted by Gasteiger charge is 2.35. The fourth-order valence-corrected chi connectivity index (χ4v) is 4.20. The number of benzene rings is 2. The van der Waals surface area contributed by atoms with Crippen LogP contribution in [0, 0.1) is 12.7 Å². The lowest BCUT2D eigenvalue weighted by Gasteiger charge is -2.27. The average Bonchev–Trinajstić information content (AvgIpc) is 3.48. The highest BCUT2D eigenvalue weighted by molar-refractivity contribution is 6.02. The van der Waals surface area contributed by atoms with E-state index in [9.17, 15) is 14.0 Å². The second-order valence-corrected chi connectivity index (χ2v) is 8.62. The first-order valence-electron chi connectivity index (χ1n) is 11.5. The maximum atomic E-state index is 14.3. The maximum absolute atomic E-state index is 14.3. The van der Waals surface area contributed by atoms with Gasteiger partial charge in [0.2, 0.25) is 0 Å². The van der Waals surface area contributed by atoms with Crippen LogP contribution < -0.4 is 0 Å². The van der Waals surface area contributed by atoms with Crippen LogP contribution >= 0.6 is 0 Å². The summed E-state index contributed by atoms with van der Waals surface area (Å²) in [6, 6.07) is 17.4. The van der Waals surface area contributed by atoms with Gasteiger partial charge in [-0.1, -0.05) is 42.0 Å². The summed E-state index contributed by atoms with van der Waals surface area (Å²) in [5, 5.41) is 6.15. The Hall–Kier alpha value is -3.78. The molecular weight excluding hydrogens is 447 g/mol. The van der Waals surface area contributed by atoms with E-state index in [0.717, 1.165) is 22.5 Å².